The minimum absolute atomic E-state index is 0.173. The number of nitrogens with two attached hydrogens (primary N) is 1. The molecule has 1 aliphatic carbocycles. The Bertz CT molecular complexity index is 1770. The molecular weight excluding hydrogens is 486 g/mol. The SMILES string of the molecule is Nc1ncnc2c1c(C(=O)c1cccc(NS(=O)(=O)c3cccc4ccccc34)c1)cn2C1CCCC1. The summed E-state index contributed by atoms with van der Waals surface area (Å²) in [5.41, 5.74) is 7.89. The van der Waals surface area contributed by atoms with Gasteiger partial charge in [0, 0.05) is 28.9 Å². The maximum Gasteiger partial charge on any atom is 0.262 e. The Morgan fingerprint density at radius 1 is 0.973 bits per heavy atom. The molecule has 0 unspecified atom stereocenters. The number of carbonyl (C=O) groups is 1. The van der Waals surface area contributed by atoms with E-state index in [1.807, 2.05) is 29.0 Å². The molecule has 0 amide bonds. The third-order valence-electron chi connectivity index (χ3n) is 7.02. The number of sulfonamides is 1. The average molecular weight is 512 g/mol. The monoisotopic (exact) mass is 511 g/mol. The highest BCUT2D eigenvalue weighted by molar-refractivity contribution is 7.93. The maximum atomic E-state index is 13.7. The fourth-order valence-corrected chi connectivity index (χ4v) is 6.54. The molecule has 0 bridgehead atoms. The van der Waals surface area contributed by atoms with E-state index in [4.69, 9.17) is 5.73 Å². The molecule has 1 fully saturated rings. The van der Waals surface area contributed by atoms with Crippen molar-refractivity contribution in [2.24, 2.45) is 0 Å². The van der Waals surface area contributed by atoms with Crippen molar-refractivity contribution in [2.75, 3.05) is 10.5 Å². The normalized spacial score (nSPS) is 14.4. The third-order valence-corrected chi connectivity index (χ3v) is 8.46. The first-order valence-electron chi connectivity index (χ1n) is 12.2. The van der Waals surface area contributed by atoms with Gasteiger partial charge in [-0.2, -0.15) is 0 Å². The van der Waals surface area contributed by atoms with Crippen molar-refractivity contribution in [2.45, 2.75) is 36.6 Å². The summed E-state index contributed by atoms with van der Waals surface area (Å²) in [6.45, 7) is 0. The number of nitrogens with one attached hydrogen (secondary N) is 1. The van der Waals surface area contributed by atoms with Gasteiger partial charge < -0.3 is 10.3 Å². The number of rotatable bonds is 6. The summed E-state index contributed by atoms with van der Waals surface area (Å²) >= 11 is 0. The number of carbonyl (C=O) groups excluding carboxylic acids is 1. The van der Waals surface area contributed by atoms with Crippen LogP contribution in [0.25, 0.3) is 21.8 Å². The van der Waals surface area contributed by atoms with E-state index < -0.39 is 10.0 Å². The lowest BCUT2D eigenvalue weighted by molar-refractivity contribution is 0.104. The molecule has 1 aliphatic rings. The molecule has 6 rings (SSSR count). The number of hydrogen-bond donors (Lipinski definition) is 2. The van der Waals surface area contributed by atoms with Gasteiger partial charge in [-0.3, -0.25) is 9.52 Å². The topological polar surface area (TPSA) is 120 Å². The van der Waals surface area contributed by atoms with Gasteiger partial charge in [-0.25, -0.2) is 18.4 Å². The number of anilines is 2. The standard InChI is InChI=1S/C28H25N5O3S/c29-27-25-23(16-33(21-11-2-3-12-21)28(25)31-17-30-27)26(34)19-9-5-10-20(15-19)32-37(35,36)24-14-6-8-18-7-1-4-13-22(18)24/h1,4-10,13-17,21,32H,2-3,11-12H2,(H2,29,30,31). The minimum atomic E-state index is -3.90. The zero-order valence-corrected chi connectivity index (χ0v) is 20.8. The lowest BCUT2D eigenvalue weighted by atomic mass is 10.0. The number of nitrogen functional groups attached to an aromatic ring is 1. The third kappa shape index (κ3) is 4.11. The van der Waals surface area contributed by atoms with Gasteiger partial charge in [0.1, 0.15) is 17.8 Å². The van der Waals surface area contributed by atoms with E-state index in [-0.39, 0.29) is 22.5 Å². The maximum absolute atomic E-state index is 13.7. The Morgan fingerprint density at radius 3 is 2.57 bits per heavy atom. The Hall–Kier alpha value is -4.24. The molecule has 9 heteroatoms. The minimum Gasteiger partial charge on any atom is -0.383 e. The van der Waals surface area contributed by atoms with Crippen molar-refractivity contribution in [3.05, 3.63) is 90.4 Å². The Kier molecular flexibility index (Phi) is 5.64. The van der Waals surface area contributed by atoms with Crippen molar-refractivity contribution < 1.29 is 13.2 Å². The van der Waals surface area contributed by atoms with E-state index in [1.54, 1.807) is 48.5 Å². The van der Waals surface area contributed by atoms with Crippen LogP contribution in [0.5, 0.6) is 0 Å². The molecule has 0 aliphatic heterocycles. The highest BCUT2D eigenvalue weighted by Gasteiger charge is 2.26. The summed E-state index contributed by atoms with van der Waals surface area (Å²) in [4.78, 5) is 22.4. The Labute approximate surface area is 214 Å². The molecular formula is C28H25N5O3S. The van der Waals surface area contributed by atoms with Gasteiger partial charge in [-0.1, -0.05) is 61.4 Å². The first-order valence-corrected chi connectivity index (χ1v) is 13.7. The van der Waals surface area contributed by atoms with Crippen molar-refractivity contribution in [3.8, 4) is 0 Å². The molecule has 3 N–H and O–H groups in total. The molecule has 2 aromatic heterocycles. The molecule has 37 heavy (non-hydrogen) atoms. The fourth-order valence-electron chi connectivity index (χ4n) is 5.26. The molecule has 0 atom stereocenters. The van der Waals surface area contributed by atoms with Crippen LogP contribution >= 0.6 is 0 Å². The molecule has 2 heterocycles. The number of ketones is 1. The van der Waals surface area contributed by atoms with E-state index >= 15 is 0 Å². The van der Waals surface area contributed by atoms with Gasteiger partial charge in [-0.15, -0.1) is 0 Å². The predicted molar refractivity (Wildman–Crippen MR) is 144 cm³/mol. The highest BCUT2D eigenvalue weighted by atomic mass is 32.2. The van der Waals surface area contributed by atoms with Crippen LogP contribution in [0.2, 0.25) is 0 Å². The van der Waals surface area contributed by atoms with Crippen molar-refractivity contribution in [3.63, 3.8) is 0 Å². The molecule has 0 saturated heterocycles. The van der Waals surface area contributed by atoms with Gasteiger partial charge >= 0.3 is 0 Å². The van der Waals surface area contributed by atoms with Crippen molar-refractivity contribution in [1.82, 2.24) is 14.5 Å². The first kappa shape index (κ1) is 23.2. The van der Waals surface area contributed by atoms with E-state index in [2.05, 4.69) is 14.7 Å². The van der Waals surface area contributed by atoms with Gasteiger partial charge in [0.05, 0.1) is 15.8 Å². The zero-order chi connectivity index (χ0) is 25.6. The second-order valence-corrected chi connectivity index (χ2v) is 11.0. The number of nitrogens with zero attached hydrogens (tertiary/aromatic N) is 3. The van der Waals surface area contributed by atoms with E-state index in [1.165, 1.54) is 6.33 Å². The number of aromatic nitrogens is 3. The summed E-state index contributed by atoms with van der Waals surface area (Å²) < 4.78 is 31.3. The van der Waals surface area contributed by atoms with Crippen LogP contribution in [0.1, 0.15) is 47.6 Å². The van der Waals surface area contributed by atoms with E-state index in [0.29, 0.717) is 33.2 Å². The van der Waals surface area contributed by atoms with Gasteiger partial charge in [0.25, 0.3) is 10.0 Å². The molecule has 1 saturated carbocycles. The van der Waals surface area contributed by atoms with Crippen LogP contribution in [0.15, 0.2) is 84.1 Å². The fraction of sp³-hybridized carbons (Fsp3) is 0.179. The Balaban J connectivity index is 1.37. The van der Waals surface area contributed by atoms with Gasteiger partial charge in [0.15, 0.2) is 5.78 Å². The summed E-state index contributed by atoms with van der Waals surface area (Å²) in [5.74, 6) is -0.0210. The Morgan fingerprint density at radius 2 is 1.73 bits per heavy atom. The van der Waals surface area contributed by atoms with Gasteiger partial charge in [0.2, 0.25) is 0 Å². The quantitative estimate of drug-likeness (QED) is 0.298. The van der Waals surface area contributed by atoms with Crippen molar-refractivity contribution >= 4 is 49.1 Å². The van der Waals surface area contributed by atoms with E-state index in [9.17, 15) is 13.2 Å². The lowest BCUT2D eigenvalue weighted by Crippen LogP contribution is -2.14. The van der Waals surface area contributed by atoms with E-state index in [0.717, 1.165) is 31.1 Å². The molecule has 186 valence electrons. The number of hydrogen-bond acceptors (Lipinski definition) is 6. The lowest BCUT2D eigenvalue weighted by Gasteiger charge is -2.12. The largest absolute Gasteiger partial charge is 0.383 e. The average Bonchev–Trinajstić information content (AvgIpc) is 3.57. The second-order valence-electron chi connectivity index (χ2n) is 9.34. The van der Waals surface area contributed by atoms with Crippen LogP contribution in [-0.2, 0) is 10.0 Å². The second kappa shape index (κ2) is 9.01. The number of benzene rings is 3. The summed E-state index contributed by atoms with van der Waals surface area (Å²) in [6.07, 6.45) is 7.54. The molecule has 3 aromatic carbocycles. The van der Waals surface area contributed by atoms with Crippen LogP contribution in [0.4, 0.5) is 11.5 Å². The zero-order valence-electron chi connectivity index (χ0n) is 20.0. The summed E-state index contributed by atoms with van der Waals surface area (Å²) in [5, 5.41) is 1.98. The molecule has 0 spiro atoms. The molecule has 8 nitrogen and oxygen atoms in total. The molecule has 5 aromatic rings. The summed E-state index contributed by atoms with van der Waals surface area (Å²) in [6, 6.07) is 19.2. The predicted octanol–water partition coefficient (Wildman–Crippen LogP) is 5.31. The highest BCUT2D eigenvalue weighted by Crippen LogP contribution is 2.36. The van der Waals surface area contributed by atoms with Gasteiger partial charge in [-0.05, 0) is 36.4 Å². The van der Waals surface area contributed by atoms with Crippen LogP contribution < -0.4 is 10.5 Å². The molecule has 0 radical (unpaired) electrons. The van der Waals surface area contributed by atoms with Crippen LogP contribution in [0, 0.1) is 0 Å². The number of fused-ring (bicyclic) bond motifs is 2. The van der Waals surface area contributed by atoms with Crippen LogP contribution in [-0.4, -0.2) is 28.7 Å². The first-order chi connectivity index (χ1) is 17.9. The smallest absolute Gasteiger partial charge is 0.262 e. The van der Waals surface area contributed by atoms with Crippen molar-refractivity contribution in [1.29, 1.82) is 0 Å². The summed E-state index contributed by atoms with van der Waals surface area (Å²) in [7, 11) is -3.90. The van der Waals surface area contributed by atoms with Crippen LogP contribution in [0.3, 0.4) is 0 Å².